The molecule has 0 aliphatic heterocycles. The summed E-state index contributed by atoms with van der Waals surface area (Å²) >= 11 is 1.60. The average Bonchev–Trinajstić information content (AvgIpc) is 3.13. The van der Waals surface area contributed by atoms with E-state index in [0.29, 0.717) is 11.3 Å². The number of fused-ring (bicyclic) bond motifs is 1. The number of nitrogens with zero attached hydrogens (tertiary/aromatic N) is 1. The maximum atomic E-state index is 12.9. The van der Waals surface area contributed by atoms with E-state index in [1.54, 1.807) is 11.8 Å². The van der Waals surface area contributed by atoms with Crippen molar-refractivity contribution in [2.24, 2.45) is 0 Å². The van der Waals surface area contributed by atoms with Crippen LogP contribution in [0.25, 0.3) is 11.0 Å². The molecule has 28 heavy (non-hydrogen) atoms. The van der Waals surface area contributed by atoms with E-state index in [-0.39, 0.29) is 5.91 Å². The first kappa shape index (κ1) is 18.3. The maximum Gasteiger partial charge on any atom is 0.255 e. The van der Waals surface area contributed by atoms with Gasteiger partial charge in [0, 0.05) is 17.0 Å². The van der Waals surface area contributed by atoms with Crippen LogP contribution >= 0.6 is 11.8 Å². The number of imidazole rings is 1. The number of para-hydroxylation sites is 2. The molecule has 4 rings (SSSR count). The Balaban J connectivity index is 1.53. The number of amides is 1. The van der Waals surface area contributed by atoms with Crippen molar-refractivity contribution < 1.29 is 4.79 Å². The molecule has 3 aromatic carbocycles. The molecule has 0 bridgehead atoms. The van der Waals surface area contributed by atoms with Gasteiger partial charge in [0.1, 0.15) is 0 Å². The van der Waals surface area contributed by atoms with Gasteiger partial charge in [-0.25, -0.2) is 4.98 Å². The topological polar surface area (TPSA) is 57.8 Å². The first-order chi connectivity index (χ1) is 13.6. The molecule has 4 aromatic rings. The Bertz CT molecular complexity index is 1120. The summed E-state index contributed by atoms with van der Waals surface area (Å²) in [6, 6.07) is 21.6. The number of hydrogen-bond acceptors (Lipinski definition) is 3. The van der Waals surface area contributed by atoms with Crippen LogP contribution < -0.4 is 5.32 Å². The van der Waals surface area contributed by atoms with Crippen molar-refractivity contribution in [3.63, 3.8) is 0 Å². The predicted molar refractivity (Wildman–Crippen MR) is 116 cm³/mol. The van der Waals surface area contributed by atoms with E-state index in [1.807, 2.05) is 80.6 Å². The molecule has 2 N–H and O–H groups in total. The summed E-state index contributed by atoms with van der Waals surface area (Å²) in [6.07, 6.45) is 0. The lowest BCUT2D eigenvalue weighted by atomic mass is 10.1. The van der Waals surface area contributed by atoms with E-state index in [9.17, 15) is 4.79 Å². The Kier molecular flexibility index (Phi) is 5.17. The molecule has 0 aliphatic rings. The van der Waals surface area contributed by atoms with Crippen LogP contribution in [0.5, 0.6) is 0 Å². The standard InChI is InChI=1S/C23H21N3OS/c1-15-8-7-13-19(16(15)2)24-22(27)18-10-4-3-9-17(18)14-28-23-25-20-11-5-6-12-21(20)26-23/h3-13H,14H2,1-2H3,(H,24,27)(H,25,26). The molecule has 0 saturated heterocycles. The van der Waals surface area contributed by atoms with Crippen molar-refractivity contribution in [3.8, 4) is 0 Å². The Morgan fingerprint density at radius 2 is 1.79 bits per heavy atom. The predicted octanol–water partition coefficient (Wildman–Crippen LogP) is 5.72. The van der Waals surface area contributed by atoms with E-state index in [2.05, 4.69) is 15.3 Å². The highest BCUT2D eigenvalue weighted by molar-refractivity contribution is 7.98. The van der Waals surface area contributed by atoms with Gasteiger partial charge in [-0.3, -0.25) is 4.79 Å². The molecule has 4 nitrogen and oxygen atoms in total. The summed E-state index contributed by atoms with van der Waals surface area (Å²) in [6.45, 7) is 4.07. The lowest BCUT2D eigenvalue weighted by Gasteiger charge is -2.12. The van der Waals surface area contributed by atoms with Gasteiger partial charge < -0.3 is 10.3 Å². The monoisotopic (exact) mass is 387 g/mol. The quantitative estimate of drug-likeness (QED) is 0.430. The van der Waals surface area contributed by atoms with E-state index < -0.39 is 0 Å². The Morgan fingerprint density at radius 3 is 2.64 bits per heavy atom. The summed E-state index contributed by atoms with van der Waals surface area (Å²) in [7, 11) is 0. The molecule has 0 fully saturated rings. The molecule has 140 valence electrons. The minimum absolute atomic E-state index is 0.0884. The van der Waals surface area contributed by atoms with Crippen LogP contribution in [0.4, 0.5) is 5.69 Å². The van der Waals surface area contributed by atoms with Crippen LogP contribution in [0.15, 0.2) is 71.9 Å². The summed E-state index contributed by atoms with van der Waals surface area (Å²) in [5.74, 6) is 0.574. The van der Waals surface area contributed by atoms with Gasteiger partial charge in [-0.05, 0) is 54.8 Å². The van der Waals surface area contributed by atoms with E-state index in [0.717, 1.165) is 38.6 Å². The molecule has 5 heteroatoms. The number of benzene rings is 3. The summed E-state index contributed by atoms with van der Waals surface area (Å²) in [5.41, 5.74) is 6.74. The number of carbonyl (C=O) groups is 1. The first-order valence-electron chi connectivity index (χ1n) is 9.15. The van der Waals surface area contributed by atoms with Gasteiger partial charge in [-0.15, -0.1) is 0 Å². The van der Waals surface area contributed by atoms with Gasteiger partial charge in [0.2, 0.25) is 0 Å². The summed E-state index contributed by atoms with van der Waals surface area (Å²) in [5, 5.41) is 3.91. The molecule has 1 heterocycles. The fraction of sp³-hybridized carbons (Fsp3) is 0.130. The van der Waals surface area contributed by atoms with Crippen molar-refractivity contribution in [2.45, 2.75) is 24.8 Å². The van der Waals surface area contributed by atoms with Gasteiger partial charge in [-0.2, -0.15) is 0 Å². The smallest absolute Gasteiger partial charge is 0.255 e. The molecule has 1 aromatic heterocycles. The Morgan fingerprint density at radius 1 is 1.00 bits per heavy atom. The Labute approximate surface area is 168 Å². The second kappa shape index (κ2) is 7.90. The van der Waals surface area contributed by atoms with Crippen LogP contribution in [0.2, 0.25) is 0 Å². The molecule has 1 amide bonds. The Hall–Kier alpha value is -3.05. The zero-order chi connectivity index (χ0) is 19.5. The fourth-order valence-corrected chi connectivity index (χ4v) is 3.98. The number of H-pyrrole nitrogens is 1. The number of aromatic amines is 1. The van der Waals surface area contributed by atoms with Crippen LogP contribution in [-0.2, 0) is 5.75 Å². The highest BCUT2D eigenvalue weighted by Gasteiger charge is 2.13. The zero-order valence-electron chi connectivity index (χ0n) is 15.8. The van der Waals surface area contributed by atoms with Crippen molar-refractivity contribution in [1.29, 1.82) is 0 Å². The van der Waals surface area contributed by atoms with Crippen LogP contribution in [-0.4, -0.2) is 15.9 Å². The third-order valence-electron chi connectivity index (χ3n) is 4.85. The SMILES string of the molecule is Cc1cccc(NC(=O)c2ccccc2CSc2nc3ccccc3[nH]2)c1C. The van der Waals surface area contributed by atoms with E-state index in [4.69, 9.17) is 0 Å². The minimum Gasteiger partial charge on any atom is -0.333 e. The second-order valence-electron chi connectivity index (χ2n) is 6.71. The zero-order valence-corrected chi connectivity index (χ0v) is 16.6. The number of aromatic nitrogens is 2. The lowest BCUT2D eigenvalue weighted by Crippen LogP contribution is -2.15. The number of anilines is 1. The fourth-order valence-electron chi connectivity index (χ4n) is 3.09. The average molecular weight is 388 g/mol. The second-order valence-corrected chi connectivity index (χ2v) is 7.67. The van der Waals surface area contributed by atoms with Gasteiger partial charge in [0.25, 0.3) is 5.91 Å². The normalized spacial score (nSPS) is 10.9. The van der Waals surface area contributed by atoms with E-state index >= 15 is 0 Å². The molecule has 0 aliphatic carbocycles. The van der Waals surface area contributed by atoms with Crippen molar-refractivity contribution in [1.82, 2.24) is 9.97 Å². The lowest BCUT2D eigenvalue weighted by molar-refractivity contribution is 0.102. The number of hydrogen-bond donors (Lipinski definition) is 2. The third-order valence-corrected chi connectivity index (χ3v) is 5.77. The summed E-state index contributed by atoms with van der Waals surface area (Å²) < 4.78 is 0. The molecule has 0 saturated carbocycles. The number of thioether (sulfide) groups is 1. The summed E-state index contributed by atoms with van der Waals surface area (Å²) in [4.78, 5) is 20.8. The van der Waals surface area contributed by atoms with Crippen LogP contribution in [0.3, 0.4) is 0 Å². The number of aryl methyl sites for hydroxylation is 1. The molecule has 0 spiro atoms. The van der Waals surface area contributed by atoms with Crippen LogP contribution in [0.1, 0.15) is 27.0 Å². The number of carbonyl (C=O) groups excluding carboxylic acids is 1. The number of nitrogens with one attached hydrogen (secondary N) is 2. The first-order valence-corrected chi connectivity index (χ1v) is 10.1. The van der Waals surface area contributed by atoms with Gasteiger partial charge in [0.15, 0.2) is 5.16 Å². The van der Waals surface area contributed by atoms with Crippen molar-refractivity contribution >= 4 is 34.4 Å². The van der Waals surface area contributed by atoms with Gasteiger partial charge in [-0.1, -0.05) is 54.2 Å². The van der Waals surface area contributed by atoms with Crippen molar-refractivity contribution in [3.05, 3.63) is 89.0 Å². The maximum absolute atomic E-state index is 12.9. The van der Waals surface area contributed by atoms with Crippen LogP contribution in [0, 0.1) is 13.8 Å². The van der Waals surface area contributed by atoms with Crippen molar-refractivity contribution in [2.75, 3.05) is 5.32 Å². The highest BCUT2D eigenvalue weighted by Crippen LogP contribution is 2.25. The molecule has 0 unspecified atom stereocenters. The molecule has 0 radical (unpaired) electrons. The van der Waals surface area contributed by atoms with Gasteiger partial charge in [0.05, 0.1) is 11.0 Å². The van der Waals surface area contributed by atoms with Gasteiger partial charge >= 0.3 is 0 Å². The van der Waals surface area contributed by atoms with E-state index in [1.165, 1.54) is 0 Å². The third kappa shape index (κ3) is 3.80. The molecular formula is C23H21N3OS. The largest absolute Gasteiger partial charge is 0.333 e. The highest BCUT2D eigenvalue weighted by atomic mass is 32.2. The molecule has 0 atom stereocenters. The minimum atomic E-state index is -0.0884. The number of rotatable bonds is 5. The molecular weight excluding hydrogens is 366 g/mol.